The van der Waals surface area contributed by atoms with Crippen molar-refractivity contribution in [3.63, 3.8) is 0 Å². The second-order valence-electron chi connectivity index (χ2n) is 5.43. The van der Waals surface area contributed by atoms with Crippen LogP contribution >= 0.6 is 0 Å². The van der Waals surface area contributed by atoms with Crippen molar-refractivity contribution in [2.24, 2.45) is 0 Å². The van der Waals surface area contributed by atoms with Crippen molar-refractivity contribution >= 4 is 5.82 Å². The molecule has 118 valence electrons. The SMILES string of the molecule is COC1(CNc2cc(-c3nc(C)no3)ccn2)CCOCC1. The van der Waals surface area contributed by atoms with Gasteiger partial charge in [0, 0.05) is 51.5 Å². The van der Waals surface area contributed by atoms with Crippen LogP contribution < -0.4 is 5.32 Å². The van der Waals surface area contributed by atoms with E-state index in [0.717, 1.165) is 37.4 Å². The Morgan fingerprint density at radius 1 is 1.36 bits per heavy atom. The van der Waals surface area contributed by atoms with E-state index < -0.39 is 0 Å². The van der Waals surface area contributed by atoms with Gasteiger partial charge in [-0.2, -0.15) is 4.98 Å². The third-order valence-electron chi connectivity index (χ3n) is 3.96. The summed E-state index contributed by atoms with van der Waals surface area (Å²) in [4.78, 5) is 8.56. The predicted octanol–water partition coefficient (Wildman–Crippen LogP) is 2.05. The summed E-state index contributed by atoms with van der Waals surface area (Å²) in [6.45, 7) is 3.93. The number of methoxy groups -OCH3 is 1. The normalized spacial score (nSPS) is 17.4. The highest BCUT2D eigenvalue weighted by molar-refractivity contribution is 5.57. The lowest BCUT2D eigenvalue weighted by Gasteiger charge is -2.36. The molecule has 22 heavy (non-hydrogen) atoms. The van der Waals surface area contributed by atoms with Crippen LogP contribution in [0.3, 0.4) is 0 Å². The van der Waals surface area contributed by atoms with Crippen molar-refractivity contribution in [3.05, 3.63) is 24.2 Å². The van der Waals surface area contributed by atoms with E-state index in [9.17, 15) is 0 Å². The maximum absolute atomic E-state index is 5.71. The van der Waals surface area contributed by atoms with Crippen LogP contribution in [-0.4, -0.2) is 47.6 Å². The van der Waals surface area contributed by atoms with Crippen LogP contribution in [0.15, 0.2) is 22.9 Å². The summed E-state index contributed by atoms with van der Waals surface area (Å²) in [6.07, 6.45) is 3.47. The fourth-order valence-corrected chi connectivity index (χ4v) is 2.52. The Bertz CT molecular complexity index is 623. The van der Waals surface area contributed by atoms with Gasteiger partial charge in [0.1, 0.15) is 5.82 Å². The average Bonchev–Trinajstić information content (AvgIpc) is 3.01. The molecule has 1 fully saturated rings. The lowest BCUT2D eigenvalue weighted by atomic mass is 9.94. The van der Waals surface area contributed by atoms with Crippen LogP contribution in [0.1, 0.15) is 18.7 Å². The van der Waals surface area contributed by atoms with Gasteiger partial charge in [-0.05, 0) is 19.1 Å². The van der Waals surface area contributed by atoms with Crippen molar-refractivity contribution < 1.29 is 14.0 Å². The minimum absolute atomic E-state index is 0.197. The number of ether oxygens (including phenoxy) is 2. The average molecular weight is 304 g/mol. The molecule has 0 saturated carbocycles. The number of nitrogens with one attached hydrogen (secondary N) is 1. The van der Waals surface area contributed by atoms with E-state index in [1.165, 1.54) is 0 Å². The van der Waals surface area contributed by atoms with E-state index in [1.807, 2.05) is 12.1 Å². The molecule has 7 nitrogen and oxygen atoms in total. The van der Waals surface area contributed by atoms with Gasteiger partial charge in [0.2, 0.25) is 0 Å². The standard InChI is InChI=1S/C15H20N4O3/c1-11-18-14(22-19-11)12-3-6-16-13(9-12)17-10-15(20-2)4-7-21-8-5-15/h3,6,9H,4-5,7-8,10H2,1-2H3,(H,16,17). The molecule has 0 aliphatic carbocycles. The molecule has 1 N–H and O–H groups in total. The zero-order valence-electron chi connectivity index (χ0n) is 12.8. The Kier molecular flexibility index (Phi) is 4.35. The number of hydrogen-bond acceptors (Lipinski definition) is 7. The second kappa shape index (κ2) is 6.41. The number of nitrogens with zero attached hydrogens (tertiary/aromatic N) is 3. The van der Waals surface area contributed by atoms with Crippen molar-refractivity contribution in [2.75, 3.05) is 32.2 Å². The Morgan fingerprint density at radius 3 is 2.86 bits per heavy atom. The molecule has 3 rings (SSSR count). The highest BCUT2D eigenvalue weighted by Crippen LogP contribution is 2.25. The lowest BCUT2D eigenvalue weighted by Crippen LogP contribution is -2.44. The first-order valence-electron chi connectivity index (χ1n) is 7.34. The van der Waals surface area contributed by atoms with E-state index in [2.05, 4.69) is 20.4 Å². The first kappa shape index (κ1) is 14.9. The van der Waals surface area contributed by atoms with Gasteiger partial charge >= 0.3 is 0 Å². The van der Waals surface area contributed by atoms with Crippen LogP contribution in [0.2, 0.25) is 0 Å². The van der Waals surface area contributed by atoms with E-state index in [0.29, 0.717) is 18.3 Å². The van der Waals surface area contributed by atoms with Crippen molar-refractivity contribution in [1.82, 2.24) is 15.1 Å². The molecule has 0 bridgehead atoms. The van der Waals surface area contributed by atoms with Gasteiger partial charge in [0.05, 0.1) is 5.60 Å². The van der Waals surface area contributed by atoms with Crippen LogP contribution in [0.25, 0.3) is 11.5 Å². The van der Waals surface area contributed by atoms with Crippen molar-refractivity contribution in [3.8, 4) is 11.5 Å². The second-order valence-corrected chi connectivity index (χ2v) is 5.43. The number of rotatable bonds is 5. The minimum Gasteiger partial charge on any atom is -0.381 e. The lowest BCUT2D eigenvalue weighted by molar-refractivity contribution is -0.0807. The smallest absolute Gasteiger partial charge is 0.258 e. The monoisotopic (exact) mass is 304 g/mol. The summed E-state index contributed by atoms with van der Waals surface area (Å²) in [6, 6.07) is 3.74. The van der Waals surface area contributed by atoms with Gasteiger partial charge in [0.15, 0.2) is 5.82 Å². The molecule has 7 heteroatoms. The van der Waals surface area contributed by atoms with Crippen LogP contribution in [-0.2, 0) is 9.47 Å². The van der Waals surface area contributed by atoms with Gasteiger partial charge in [-0.15, -0.1) is 0 Å². The van der Waals surface area contributed by atoms with Gasteiger partial charge in [-0.1, -0.05) is 5.16 Å². The van der Waals surface area contributed by atoms with E-state index in [-0.39, 0.29) is 5.60 Å². The third kappa shape index (κ3) is 3.26. The summed E-state index contributed by atoms with van der Waals surface area (Å²) < 4.78 is 16.3. The number of pyridine rings is 1. The molecular weight excluding hydrogens is 284 g/mol. The highest BCUT2D eigenvalue weighted by Gasteiger charge is 2.32. The number of hydrogen-bond donors (Lipinski definition) is 1. The number of aromatic nitrogens is 3. The minimum atomic E-state index is -0.197. The largest absolute Gasteiger partial charge is 0.381 e. The van der Waals surface area contributed by atoms with E-state index in [1.54, 1.807) is 20.2 Å². The van der Waals surface area contributed by atoms with Crippen molar-refractivity contribution in [2.45, 2.75) is 25.4 Å². The van der Waals surface area contributed by atoms with E-state index in [4.69, 9.17) is 14.0 Å². The first-order chi connectivity index (χ1) is 10.7. The van der Waals surface area contributed by atoms with Gasteiger partial charge in [-0.25, -0.2) is 4.98 Å². The molecule has 0 atom stereocenters. The fourth-order valence-electron chi connectivity index (χ4n) is 2.52. The van der Waals surface area contributed by atoms with Crippen LogP contribution in [0.5, 0.6) is 0 Å². The molecule has 0 amide bonds. The molecule has 2 aromatic heterocycles. The topological polar surface area (TPSA) is 82.3 Å². The zero-order chi connectivity index (χ0) is 15.4. The summed E-state index contributed by atoms with van der Waals surface area (Å²) in [5.41, 5.74) is 0.647. The molecule has 1 saturated heterocycles. The van der Waals surface area contributed by atoms with E-state index >= 15 is 0 Å². The molecule has 0 spiro atoms. The molecule has 0 unspecified atom stereocenters. The van der Waals surface area contributed by atoms with Crippen LogP contribution in [0.4, 0.5) is 5.82 Å². The molecule has 0 radical (unpaired) electrons. The maximum atomic E-state index is 5.71. The Hall–Kier alpha value is -1.99. The van der Waals surface area contributed by atoms with Gasteiger partial charge < -0.3 is 19.3 Å². The summed E-state index contributed by atoms with van der Waals surface area (Å²) in [7, 11) is 1.75. The molecule has 2 aromatic rings. The Balaban J connectivity index is 1.70. The molecule has 1 aliphatic heterocycles. The summed E-state index contributed by atoms with van der Waals surface area (Å²) in [5, 5.41) is 7.15. The Labute approximate surface area is 129 Å². The summed E-state index contributed by atoms with van der Waals surface area (Å²) >= 11 is 0. The first-order valence-corrected chi connectivity index (χ1v) is 7.34. The maximum Gasteiger partial charge on any atom is 0.258 e. The molecule has 1 aliphatic rings. The van der Waals surface area contributed by atoms with Gasteiger partial charge in [-0.3, -0.25) is 0 Å². The third-order valence-corrected chi connectivity index (χ3v) is 3.96. The van der Waals surface area contributed by atoms with Crippen LogP contribution in [0, 0.1) is 6.92 Å². The quantitative estimate of drug-likeness (QED) is 0.905. The molecule has 3 heterocycles. The number of aryl methyl sites for hydroxylation is 1. The fraction of sp³-hybridized carbons (Fsp3) is 0.533. The predicted molar refractivity (Wildman–Crippen MR) is 80.5 cm³/mol. The van der Waals surface area contributed by atoms with Gasteiger partial charge in [0.25, 0.3) is 5.89 Å². The highest BCUT2D eigenvalue weighted by atomic mass is 16.5. The zero-order valence-corrected chi connectivity index (χ0v) is 12.8. The molecule has 0 aromatic carbocycles. The number of anilines is 1. The Morgan fingerprint density at radius 2 is 2.18 bits per heavy atom. The molecular formula is C15H20N4O3. The summed E-state index contributed by atoms with van der Waals surface area (Å²) in [5.74, 6) is 1.87. The van der Waals surface area contributed by atoms with Crippen molar-refractivity contribution in [1.29, 1.82) is 0 Å².